The fourth-order valence-corrected chi connectivity index (χ4v) is 2.61. The largest absolute Gasteiger partial charge is 0.453 e. The Bertz CT molecular complexity index is 1010. The first-order valence-electron chi connectivity index (χ1n) is 6.69. The van der Waals surface area contributed by atoms with Crippen molar-refractivity contribution in [2.45, 2.75) is 0 Å². The summed E-state index contributed by atoms with van der Waals surface area (Å²) in [5.74, 6) is 0. The van der Waals surface area contributed by atoms with Gasteiger partial charge < -0.3 is 4.42 Å². The molecule has 0 saturated heterocycles. The lowest BCUT2D eigenvalue weighted by atomic mass is 10.1. The monoisotopic (exact) mass is 276 g/mol. The Kier molecular flexibility index (Phi) is 2.44. The smallest absolute Gasteiger partial charge is 0.278 e. The summed E-state index contributed by atoms with van der Waals surface area (Å²) in [4.78, 5) is 12.4. The second-order valence-electron chi connectivity index (χ2n) is 4.95. The Labute approximate surface area is 120 Å². The number of nitrogens with zero attached hydrogens (tertiary/aromatic N) is 2. The average Bonchev–Trinajstić information content (AvgIpc) is 2.91. The molecule has 0 saturated carbocycles. The van der Waals surface area contributed by atoms with Crippen LogP contribution in [0.2, 0.25) is 0 Å². The third-order valence-corrected chi connectivity index (χ3v) is 3.62. The van der Waals surface area contributed by atoms with Crippen LogP contribution in [0, 0.1) is 0 Å². The fourth-order valence-electron chi connectivity index (χ4n) is 2.61. The van der Waals surface area contributed by atoms with E-state index in [4.69, 9.17) is 4.42 Å². The molecule has 0 amide bonds. The maximum Gasteiger partial charge on any atom is 0.278 e. The highest BCUT2D eigenvalue weighted by molar-refractivity contribution is 6.08. The van der Waals surface area contributed by atoms with E-state index in [1.54, 1.807) is 7.05 Å². The average molecular weight is 276 g/mol. The van der Waals surface area contributed by atoms with Crippen LogP contribution >= 0.6 is 0 Å². The summed E-state index contributed by atoms with van der Waals surface area (Å²) in [5, 5.41) is 5.79. The van der Waals surface area contributed by atoms with Gasteiger partial charge in [-0.25, -0.2) is 4.68 Å². The van der Waals surface area contributed by atoms with Crippen LogP contribution in [0.5, 0.6) is 0 Å². The number of hydrogen-bond donors (Lipinski definition) is 0. The zero-order valence-corrected chi connectivity index (χ0v) is 11.4. The minimum absolute atomic E-state index is 0.144. The van der Waals surface area contributed by atoms with Crippen LogP contribution in [-0.4, -0.2) is 9.78 Å². The molecule has 0 radical (unpaired) electrons. The molecule has 4 aromatic rings. The summed E-state index contributed by atoms with van der Waals surface area (Å²) in [6.07, 6.45) is 0. The van der Waals surface area contributed by atoms with Gasteiger partial charge in [-0.15, -0.1) is 0 Å². The van der Waals surface area contributed by atoms with E-state index in [0.717, 1.165) is 10.9 Å². The van der Waals surface area contributed by atoms with Gasteiger partial charge in [0, 0.05) is 18.0 Å². The summed E-state index contributed by atoms with van der Waals surface area (Å²) in [5.41, 5.74) is 2.72. The topological polar surface area (TPSA) is 48.0 Å². The van der Waals surface area contributed by atoms with Crippen molar-refractivity contribution in [3.8, 4) is 11.3 Å². The summed E-state index contributed by atoms with van der Waals surface area (Å²) >= 11 is 0. The zero-order valence-electron chi connectivity index (χ0n) is 11.4. The van der Waals surface area contributed by atoms with Gasteiger partial charge in [0.15, 0.2) is 5.58 Å². The van der Waals surface area contributed by atoms with Crippen molar-refractivity contribution in [3.63, 3.8) is 0 Å². The normalized spacial score (nSPS) is 11.3. The van der Waals surface area contributed by atoms with E-state index in [2.05, 4.69) is 5.10 Å². The van der Waals surface area contributed by atoms with Gasteiger partial charge in [-0.1, -0.05) is 48.5 Å². The molecular weight excluding hydrogens is 264 g/mol. The van der Waals surface area contributed by atoms with Gasteiger partial charge in [-0.2, -0.15) is 5.10 Å². The standard InChI is InChI=1S/C17H12N2O2/c1-19-17(20)14-12-9-5-6-10-13(12)21-16(14)15(18-19)11-7-3-2-4-8-11/h2-10H,1H3. The number of fused-ring (bicyclic) bond motifs is 3. The van der Waals surface area contributed by atoms with E-state index in [0.29, 0.717) is 22.2 Å². The van der Waals surface area contributed by atoms with Crippen molar-refractivity contribution in [2.75, 3.05) is 0 Å². The molecule has 0 N–H and O–H groups in total. The minimum atomic E-state index is -0.144. The summed E-state index contributed by atoms with van der Waals surface area (Å²) in [6.45, 7) is 0. The van der Waals surface area contributed by atoms with Crippen LogP contribution in [0.15, 0.2) is 63.8 Å². The molecule has 0 aliphatic carbocycles. The molecule has 102 valence electrons. The molecular formula is C17H12N2O2. The number of rotatable bonds is 1. The first-order valence-corrected chi connectivity index (χ1v) is 6.69. The predicted molar refractivity (Wildman–Crippen MR) is 82.2 cm³/mol. The van der Waals surface area contributed by atoms with Crippen molar-refractivity contribution in [3.05, 3.63) is 65.0 Å². The number of furan rings is 1. The van der Waals surface area contributed by atoms with Crippen molar-refractivity contribution >= 4 is 21.9 Å². The lowest BCUT2D eigenvalue weighted by Crippen LogP contribution is -2.19. The van der Waals surface area contributed by atoms with Crippen molar-refractivity contribution in [1.29, 1.82) is 0 Å². The molecule has 0 fully saturated rings. The SMILES string of the molecule is Cn1nc(-c2ccccc2)c2oc3ccccc3c2c1=O. The zero-order chi connectivity index (χ0) is 14.4. The van der Waals surface area contributed by atoms with Gasteiger partial charge in [0.1, 0.15) is 11.3 Å². The molecule has 2 heterocycles. The molecule has 4 rings (SSSR count). The molecule has 0 aliphatic heterocycles. The lowest BCUT2D eigenvalue weighted by molar-refractivity contribution is 0.654. The molecule has 4 heteroatoms. The fraction of sp³-hybridized carbons (Fsp3) is 0.0588. The molecule has 0 spiro atoms. The van der Waals surface area contributed by atoms with Crippen molar-refractivity contribution in [1.82, 2.24) is 9.78 Å². The Morgan fingerprint density at radius 2 is 1.71 bits per heavy atom. The Balaban J connectivity index is 2.23. The maximum atomic E-state index is 12.4. The van der Waals surface area contributed by atoms with Gasteiger partial charge in [-0.05, 0) is 6.07 Å². The Morgan fingerprint density at radius 1 is 1.00 bits per heavy atom. The minimum Gasteiger partial charge on any atom is -0.453 e. The van der Waals surface area contributed by atoms with Crippen LogP contribution in [0.1, 0.15) is 0 Å². The Morgan fingerprint density at radius 3 is 2.52 bits per heavy atom. The van der Waals surface area contributed by atoms with Gasteiger partial charge >= 0.3 is 0 Å². The lowest BCUT2D eigenvalue weighted by Gasteiger charge is -2.04. The molecule has 0 aliphatic rings. The number of aryl methyl sites for hydroxylation is 1. The number of benzene rings is 2. The van der Waals surface area contributed by atoms with Gasteiger partial charge in [0.2, 0.25) is 0 Å². The van der Waals surface area contributed by atoms with E-state index in [9.17, 15) is 4.79 Å². The van der Waals surface area contributed by atoms with Crippen LogP contribution in [0.4, 0.5) is 0 Å². The van der Waals surface area contributed by atoms with E-state index in [1.807, 2.05) is 54.6 Å². The van der Waals surface area contributed by atoms with Crippen LogP contribution in [0.3, 0.4) is 0 Å². The first-order chi connectivity index (χ1) is 10.3. The highest BCUT2D eigenvalue weighted by Gasteiger charge is 2.17. The van der Waals surface area contributed by atoms with E-state index < -0.39 is 0 Å². The molecule has 2 aromatic carbocycles. The first kappa shape index (κ1) is 11.9. The van der Waals surface area contributed by atoms with Crippen molar-refractivity contribution < 1.29 is 4.42 Å². The quantitative estimate of drug-likeness (QED) is 0.535. The third kappa shape index (κ3) is 1.69. The third-order valence-electron chi connectivity index (χ3n) is 3.62. The molecule has 21 heavy (non-hydrogen) atoms. The maximum absolute atomic E-state index is 12.4. The second-order valence-corrected chi connectivity index (χ2v) is 4.95. The molecule has 2 aromatic heterocycles. The van der Waals surface area contributed by atoms with E-state index in [1.165, 1.54) is 4.68 Å². The molecule has 4 nitrogen and oxygen atoms in total. The van der Waals surface area contributed by atoms with Crippen LogP contribution < -0.4 is 5.56 Å². The Hall–Kier alpha value is -2.88. The molecule has 0 unspecified atom stereocenters. The van der Waals surface area contributed by atoms with Gasteiger partial charge in [0.25, 0.3) is 5.56 Å². The number of hydrogen-bond acceptors (Lipinski definition) is 3. The second kappa shape index (κ2) is 4.31. The van der Waals surface area contributed by atoms with E-state index in [-0.39, 0.29) is 5.56 Å². The van der Waals surface area contributed by atoms with Crippen molar-refractivity contribution in [2.24, 2.45) is 7.05 Å². The number of aromatic nitrogens is 2. The molecule has 0 bridgehead atoms. The van der Waals surface area contributed by atoms with E-state index >= 15 is 0 Å². The van der Waals surface area contributed by atoms with Gasteiger partial charge in [-0.3, -0.25) is 4.79 Å². The van der Waals surface area contributed by atoms with Crippen LogP contribution in [0.25, 0.3) is 33.2 Å². The summed E-state index contributed by atoms with van der Waals surface area (Å²) in [6, 6.07) is 17.3. The summed E-state index contributed by atoms with van der Waals surface area (Å²) in [7, 11) is 1.66. The number of para-hydroxylation sites is 1. The van der Waals surface area contributed by atoms with Gasteiger partial charge in [0.05, 0.1) is 5.39 Å². The highest BCUT2D eigenvalue weighted by atomic mass is 16.3. The molecule has 0 atom stereocenters. The predicted octanol–water partition coefficient (Wildman–Crippen LogP) is 3.35. The highest BCUT2D eigenvalue weighted by Crippen LogP contribution is 2.31. The summed E-state index contributed by atoms with van der Waals surface area (Å²) < 4.78 is 7.27. The van der Waals surface area contributed by atoms with Crippen LogP contribution in [-0.2, 0) is 7.05 Å².